The van der Waals surface area contributed by atoms with E-state index in [4.69, 9.17) is 0 Å². The molecule has 0 fully saturated rings. The van der Waals surface area contributed by atoms with E-state index in [0.29, 0.717) is 17.5 Å². The average Bonchev–Trinajstić information content (AvgIpc) is 2.43. The van der Waals surface area contributed by atoms with Gasteiger partial charge in [0.1, 0.15) is 12.1 Å². The molecule has 5 heteroatoms. The molecule has 0 aliphatic heterocycles. The van der Waals surface area contributed by atoms with Gasteiger partial charge in [0.25, 0.3) is 0 Å². The summed E-state index contributed by atoms with van der Waals surface area (Å²) in [6.07, 6.45) is 2.21. The van der Waals surface area contributed by atoms with Gasteiger partial charge in [-0.2, -0.15) is 0 Å². The molecule has 0 aromatic heterocycles. The van der Waals surface area contributed by atoms with Gasteiger partial charge < -0.3 is 0 Å². The van der Waals surface area contributed by atoms with Crippen LogP contribution in [-0.4, -0.2) is 30.3 Å². The molecule has 0 aliphatic carbocycles. The smallest absolute Gasteiger partial charge is 0.298 e. The van der Waals surface area contributed by atoms with Crippen molar-refractivity contribution in [2.45, 2.75) is 26.8 Å². The number of aldehydes is 1. The van der Waals surface area contributed by atoms with Gasteiger partial charge in [-0.25, -0.2) is 9.18 Å². The van der Waals surface area contributed by atoms with Crippen LogP contribution in [0.2, 0.25) is 0 Å². The van der Waals surface area contributed by atoms with Crippen molar-refractivity contribution < 1.29 is 14.0 Å². The second-order valence-corrected chi connectivity index (χ2v) is 4.81. The van der Waals surface area contributed by atoms with Crippen LogP contribution in [0, 0.1) is 5.82 Å². The number of halogens is 1. The van der Waals surface area contributed by atoms with Crippen molar-refractivity contribution in [3.63, 3.8) is 0 Å². The fourth-order valence-corrected chi connectivity index (χ4v) is 1.62. The third-order valence-electron chi connectivity index (χ3n) is 2.81. The molecule has 0 radical (unpaired) electrons. The van der Waals surface area contributed by atoms with Gasteiger partial charge in [0.15, 0.2) is 0 Å². The van der Waals surface area contributed by atoms with Crippen LogP contribution >= 0.6 is 0 Å². The Kier molecular flexibility index (Phi) is 5.43. The zero-order chi connectivity index (χ0) is 15.3. The van der Waals surface area contributed by atoms with E-state index in [0.717, 1.165) is 0 Å². The minimum absolute atomic E-state index is 0.0969. The molecule has 0 aliphatic rings. The SMILES string of the molecule is C/C(C=O)=C/N(C(=O)N(C)c1ccc(F)cc1)C(C)C. The lowest BCUT2D eigenvalue weighted by atomic mass is 10.2. The molecule has 0 saturated carbocycles. The lowest BCUT2D eigenvalue weighted by molar-refractivity contribution is -0.104. The number of nitrogens with zero attached hydrogens (tertiary/aromatic N) is 2. The summed E-state index contributed by atoms with van der Waals surface area (Å²) < 4.78 is 12.9. The molecule has 4 nitrogen and oxygen atoms in total. The maximum absolute atomic E-state index is 12.9. The topological polar surface area (TPSA) is 40.6 Å². The predicted octanol–water partition coefficient (Wildman–Crippen LogP) is 3.20. The number of anilines is 1. The molecule has 20 heavy (non-hydrogen) atoms. The zero-order valence-corrected chi connectivity index (χ0v) is 12.1. The molecule has 0 spiro atoms. The highest BCUT2D eigenvalue weighted by atomic mass is 19.1. The largest absolute Gasteiger partial charge is 0.328 e. The van der Waals surface area contributed by atoms with Crippen molar-refractivity contribution in [3.8, 4) is 0 Å². The Hall–Kier alpha value is -2.17. The van der Waals surface area contributed by atoms with Crippen LogP contribution in [-0.2, 0) is 4.79 Å². The fraction of sp³-hybridized carbons (Fsp3) is 0.333. The molecule has 0 heterocycles. The van der Waals surface area contributed by atoms with Crippen molar-refractivity contribution in [1.82, 2.24) is 4.90 Å². The normalized spacial score (nSPS) is 11.4. The van der Waals surface area contributed by atoms with E-state index in [1.807, 2.05) is 13.8 Å². The summed E-state index contributed by atoms with van der Waals surface area (Å²) in [6, 6.07) is 5.27. The predicted molar refractivity (Wildman–Crippen MR) is 77.0 cm³/mol. The van der Waals surface area contributed by atoms with Crippen LogP contribution < -0.4 is 4.90 Å². The number of rotatable bonds is 4. The van der Waals surface area contributed by atoms with Gasteiger partial charge >= 0.3 is 6.03 Å². The first-order valence-electron chi connectivity index (χ1n) is 6.32. The lowest BCUT2D eigenvalue weighted by Crippen LogP contribution is -2.42. The number of allylic oxidation sites excluding steroid dienone is 1. The van der Waals surface area contributed by atoms with E-state index in [9.17, 15) is 14.0 Å². The van der Waals surface area contributed by atoms with Gasteiger partial charge in [-0.05, 0) is 45.0 Å². The summed E-state index contributed by atoms with van der Waals surface area (Å²) in [5.41, 5.74) is 1.04. The minimum atomic E-state index is -0.355. The second-order valence-electron chi connectivity index (χ2n) is 4.81. The summed E-state index contributed by atoms with van der Waals surface area (Å²) in [5.74, 6) is -0.355. The Morgan fingerprint density at radius 2 is 1.80 bits per heavy atom. The Bertz CT molecular complexity index is 509. The van der Waals surface area contributed by atoms with Gasteiger partial charge in [-0.1, -0.05) is 0 Å². The molecule has 2 amide bonds. The molecule has 1 aromatic carbocycles. The Morgan fingerprint density at radius 3 is 2.25 bits per heavy atom. The summed E-state index contributed by atoms with van der Waals surface area (Å²) in [5, 5.41) is 0. The third-order valence-corrected chi connectivity index (χ3v) is 2.81. The number of amides is 2. The Balaban J connectivity index is 3.00. The quantitative estimate of drug-likeness (QED) is 0.627. The van der Waals surface area contributed by atoms with Gasteiger partial charge in [0, 0.05) is 30.5 Å². The van der Waals surface area contributed by atoms with Crippen LogP contribution in [0.25, 0.3) is 0 Å². The first-order chi connectivity index (χ1) is 9.36. The van der Waals surface area contributed by atoms with Crippen molar-refractivity contribution in [2.75, 3.05) is 11.9 Å². The lowest BCUT2D eigenvalue weighted by Gasteiger charge is -2.29. The standard InChI is InChI=1S/C15H19FN2O2/c1-11(2)18(9-12(3)10-19)15(20)17(4)14-7-5-13(16)6-8-14/h5-11H,1-4H3/b12-9-. The number of hydrogen-bond acceptors (Lipinski definition) is 2. The van der Waals surface area contributed by atoms with Crippen molar-refractivity contribution in [1.29, 1.82) is 0 Å². The van der Waals surface area contributed by atoms with E-state index >= 15 is 0 Å². The third kappa shape index (κ3) is 3.91. The van der Waals surface area contributed by atoms with E-state index < -0.39 is 0 Å². The Morgan fingerprint density at radius 1 is 1.25 bits per heavy atom. The van der Waals surface area contributed by atoms with Crippen molar-refractivity contribution in [2.24, 2.45) is 0 Å². The van der Waals surface area contributed by atoms with E-state index in [1.54, 1.807) is 14.0 Å². The van der Waals surface area contributed by atoms with Gasteiger partial charge in [-0.3, -0.25) is 14.6 Å². The fourth-order valence-electron chi connectivity index (χ4n) is 1.62. The van der Waals surface area contributed by atoms with Gasteiger partial charge in [0.2, 0.25) is 0 Å². The van der Waals surface area contributed by atoms with Crippen molar-refractivity contribution >= 4 is 18.0 Å². The summed E-state index contributed by atoms with van der Waals surface area (Å²) >= 11 is 0. The highest BCUT2D eigenvalue weighted by Gasteiger charge is 2.20. The van der Waals surface area contributed by atoms with Crippen LogP contribution in [0.4, 0.5) is 14.9 Å². The molecule has 0 saturated heterocycles. The van der Waals surface area contributed by atoms with Crippen LogP contribution in [0.15, 0.2) is 36.0 Å². The summed E-state index contributed by atoms with van der Waals surface area (Å²) in [4.78, 5) is 26.0. The second kappa shape index (κ2) is 6.84. The number of urea groups is 1. The molecule has 0 N–H and O–H groups in total. The van der Waals surface area contributed by atoms with Crippen LogP contribution in [0.1, 0.15) is 20.8 Å². The number of carbonyl (C=O) groups is 2. The minimum Gasteiger partial charge on any atom is -0.298 e. The molecule has 0 atom stereocenters. The van der Waals surface area contributed by atoms with E-state index in [-0.39, 0.29) is 17.9 Å². The van der Waals surface area contributed by atoms with Crippen molar-refractivity contribution in [3.05, 3.63) is 41.9 Å². The number of hydrogen-bond donors (Lipinski definition) is 0. The van der Waals surface area contributed by atoms with E-state index in [2.05, 4.69) is 0 Å². The molecule has 108 valence electrons. The molecular weight excluding hydrogens is 259 g/mol. The zero-order valence-electron chi connectivity index (χ0n) is 12.1. The molecular formula is C15H19FN2O2. The maximum Gasteiger partial charge on any atom is 0.328 e. The summed E-state index contributed by atoms with van der Waals surface area (Å²) in [6.45, 7) is 5.34. The van der Waals surface area contributed by atoms with E-state index in [1.165, 1.54) is 40.3 Å². The van der Waals surface area contributed by atoms with Gasteiger partial charge in [0.05, 0.1) is 0 Å². The number of benzene rings is 1. The molecule has 1 rings (SSSR count). The van der Waals surface area contributed by atoms with Gasteiger partial charge in [-0.15, -0.1) is 0 Å². The average molecular weight is 278 g/mol. The first-order valence-corrected chi connectivity index (χ1v) is 6.32. The summed E-state index contributed by atoms with van der Waals surface area (Å²) in [7, 11) is 1.61. The van der Waals surface area contributed by atoms with Crippen LogP contribution in [0.5, 0.6) is 0 Å². The Labute approximate surface area is 118 Å². The first kappa shape index (κ1) is 15.9. The molecule has 0 bridgehead atoms. The maximum atomic E-state index is 12.9. The van der Waals surface area contributed by atoms with Crippen LogP contribution in [0.3, 0.4) is 0 Å². The molecule has 1 aromatic rings. The highest BCUT2D eigenvalue weighted by molar-refractivity contribution is 5.92. The monoisotopic (exact) mass is 278 g/mol. The molecule has 0 unspecified atom stereocenters. The number of carbonyl (C=O) groups excluding carboxylic acids is 2. The highest BCUT2D eigenvalue weighted by Crippen LogP contribution is 2.16.